The van der Waals surface area contributed by atoms with E-state index >= 15 is 0 Å². The minimum Gasteiger partial charge on any atom is -0.396 e. The van der Waals surface area contributed by atoms with Gasteiger partial charge < -0.3 is 15.2 Å². The summed E-state index contributed by atoms with van der Waals surface area (Å²) >= 11 is 0. The minimum atomic E-state index is -0.221. The molecule has 2 aliphatic rings. The van der Waals surface area contributed by atoms with Gasteiger partial charge in [-0.25, -0.2) is 9.97 Å². The monoisotopic (exact) mass is 437 g/mol. The molecular weight excluding hydrogens is 406 g/mol. The smallest absolute Gasteiger partial charge is 0.269 e. The number of aliphatic imine (C=N–C) groups is 1. The van der Waals surface area contributed by atoms with Crippen molar-refractivity contribution < 1.29 is 14.6 Å². The van der Waals surface area contributed by atoms with Crippen LogP contribution in [0.15, 0.2) is 23.3 Å². The number of hydrogen-bond acceptors (Lipinski definition) is 7. The second-order valence-corrected chi connectivity index (χ2v) is 8.44. The number of carbonyl (C=O) groups excluding carboxylic acids is 1. The normalized spacial score (nSPS) is 20.8. The van der Waals surface area contributed by atoms with Crippen LogP contribution >= 0.6 is 0 Å². The lowest BCUT2D eigenvalue weighted by Crippen LogP contribution is -2.19. The fourth-order valence-corrected chi connectivity index (χ4v) is 4.31. The molecule has 8 nitrogen and oxygen atoms in total. The molecule has 0 bridgehead atoms. The Morgan fingerprint density at radius 2 is 2.12 bits per heavy atom. The van der Waals surface area contributed by atoms with E-state index in [9.17, 15) is 9.90 Å². The average molecular weight is 438 g/mol. The van der Waals surface area contributed by atoms with Gasteiger partial charge in [-0.1, -0.05) is 6.42 Å². The number of aromatic nitrogens is 3. The molecule has 1 saturated heterocycles. The average Bonchev–Trinajstić information content (AvgIpc) is 2.81. The highest BCUT2D eigenvalue weighted by Crippen LogP contribution is 2.37. The van der Waals surface area contributed by atoms with Gasteiger partial charge in [0.2, 0.25) is 0 Å². The van der Waals surface area contributed by atoms with Crippen LogP contribution in [0.25, 0.3) is 11.3 Å². The number of ether oxygens (including phenoxy) is 1. The van der Waals surface area contributed by atoms with Crippen molar-refractivity contribution >= 4 is 17.8 Å². The largest absolute Gasteiger partial charge is 0.396 e. The number of aliphatic hydroxyl groups excluding tert-OH is 1. The Hall–Kier alpha value is -2.71. The molecule has 0 radical (unpaired) electrons. The SMILES string of the molecule is CNC(=O)c1ccc(-c2nc([C@@H]3CCCCOCC3)nc3c2N=CC(CCCO)C3)cn1. The number of carbonyl (C=O) groups is 1. The molecule has 2 aliphatic heterocycles. The van der Waals surface area contributed by atoms with Gasteiger partial charge in [0, 0.05) is 50.8 Å². The highest BCUT2D eigenvalue weighted by molar-refractivity contribution is 5.92. The number of rotatable bonds is 6. The lowest BCUT2D eigenvalue weighted by atomic mass is 9.93. The van der Waals surface area contributed by atoms with Crippen molar-refractivity contribution in [3.8, 4) is 11.3 Å². The van der Waals surface area contributed by atoms with Crippen LogP contribution in [0.5, 0.6) is 0 Å². The van der Waals surface area contributed by atoms with Crippen LogP contribution < -0.4 is 5.32 Å². The van der Waals surface area contributed by atoms with E-state index in [4.69, 9.17) is 19.7 Å². The standard InChI is InChI=1S/C24H31N5O3/c1-25-24(31)19-8-7-18(15-26-19)21-22-20(13-16(14-27-22)5-4-10-30)28-23(29-21)17-6-2-3-11-32-12-9-17/h7-8,14-17,30H,2-6,9-13H2,1H3,(H,25,31)/t16?,17-/m1/s1. The summed E-state index contributed by atoms with van der Waals surface area (Å²) in [6, 6.07) is 3.58. The maximum Gasteiger partial charge on any atom is 0.269 e. The van der Waals surface area contributed by atoms with Crippen LogP contribution in [0, 0.1) is 5.92 Å². The Bertz CT molecular complexity index is 953. The predicted octanol–water partition coefficient (Wildman–Crippen LogP) is 3.22. The maximum atomic E-state index is 11.9. The number of pyridine rings is 1. The van der Waals surface area contributed by atoms with Crippen LogP contribution in [0.1, 0.15) is 66.4 Å². The summed E-state index contributed by atoms with van der Waals surface area (Å²) in [6.45, 7) is 1.73. The number of nitrogens with zero attached hydrogens (tertiary/aromatic N) is 4. The van der Waals surface area contributed by atoms with E-state index < -0.39 is 0 Å². The lowest BCUT2D eigenvalue weighted by molar-refractivity contribution is 0.0958. The Kier molecular flexibility index (Phi) is 7.55. The third kappa shape index (κ3) is 5.19. The molecule has 1 fully saturated rings. The zero-order chi connectivity index (χ0) is 22.3. The molecule has 0 aromatic carbocycles. The molecule has 4 rings (SSSR count). The summed E-state index contributed by atoms with van der Waals surface area (Å²) in [6.07, 6.45) is 10.2. The first kappa shape index (κ1) is 22.5. The molecule has 0 spiro atoms. The summed E-state index contributed by atoms with van der Waals surface area (Å²) in [7, 11) is 1.59. The molecule has 2 N–H and O–H groups in total. The topological polar surface area (TPSA) is 110 Å². The zero-order valence-corrected chi connectivity index (χ0v) is 18.6. The molecule has 0 aliphatic carbocycles. The van der Waals surface area contributed by atoms with E-state index in [1.165, 1.54) is 0 Å². The molecule has 32 heavy (non-hydrogen) atoms. The van der Waals surface area contributed by atoms with Crippen molar-refractivity contribution in [3.05, 3.63) is 35.5 Å². The van der Waals surface area contributed by atoms with Gasteiger partial charge in [0.15, 0.2) is 0 Å². The van der Waals surface area contributed by atoms with Crippen molar-refractivity contribution in [3.63, 3.8) is 0 Å². The molecule has 2 aromatic heterocycles. The van der Waals surface area contributed by atoms with Gasteiger partial charge in [0.05, 0.1) is 5.69 Å². The quantitative estimate of drug-likeness (QED) is 0.718. The van der Waals surface area contributed by atoms with Crippen molar-refractivity contribution in [2.75, 3.05) is 26.9 Å². The summed E-state index contributed by atoms with van der Waals surface area (Å²) < 4.78 is 5.71. The van der Waals surface area contributed by atoms with Crippen LogP contribution in [0.2, 0.25) is 0 Å². The lowest BCUT2D eigenvalue weighted by Gasteiger charge is -2.24. The molecule has 170 valence electrons. The number of hydrogen-bond donors (Lipinski definition) is 2. The molecule has 8 heteroatoms. The first-order valence-electron chi connectivity index (χ1n) is 11.5. The number of nitrogens with one attached hydrogen (secondary N) is 1. The van der Waals surface area contributed by atoms with Gasteiger partial charge in [0.1, 0.15) is 22.9 Å². The summed E-state index contributed by atoms with van der Waals surface area (Å²) in [4.78, 5) is 30.9. The third-order valence-corrected chi connectivity index (χ3v) is 6.14. The van der Waals surface area contributed by atoms with Gasteiger partial charge in [-0.15, -0.1) is 0 Å². The fourth-order valence-electron chi connectivity index (χ4n) is 4.31. The minimum absolute atomic E-state index is 0.183. The number of fused-ring (bicyclic) bond motifs is 1. The summed E-state index contributed by atoms with van der Waals surface area (Å²) in [5, 5.41) is 11.8. The molecular formula is C24H31N5O3. The number of amides is 1. The first-order valence-corrected chi connectivity index (χ1v) is 11.5. The van der Waals surface area contributed by atoms with Gasteiger partial charge in [0.25, 0.3) is 5.91 Å². The van der Waals surface area contributed by atoms with Crippen LogP contribution in [-0.2, 0) is 11.2 Å². The van der Waals surface area contributed by atoms with Gasteiger partial charge in [-0.2, -0.15) is 0 Å². The second-order valence-electron chi connectivity index (χ2n) is 8.44. The van der Waals surface area contributed by atoms with Gasteiger partial charge in [-0.3, -0.25) is 14.8 Å². The van der Waals surface area contributed by atoms with Crippen molar-refractivity contribution in [1.29, 1.82) is 0 Å². The van der Waals surface area contributed by atoms with E-state index in [0.29, 0.717) is 5.69 Å². The van der Waals surface area contributed by atoms with Crippen molar-refractivity contribution in [1.82, 2.24) is 20.3 Å². The fraction of sp³-hybridized carbons (Fsp3) is 0.542. The van der Waals surface area contributed by atoms with Crippen LogP contribution in [-0.4, -0.2) is 59.0 Å². The Balaban J connectivity index is 1.72. The van der Waals surface area contributed by atoms with E-state index in [2.05, 4.69) is 10.3 Å². The highest BCUT2D eigenvalue weighted by atomic mass is 16.5. The van der Waals surface area contributed by atoms with Gasteiger partial charge >= 0.3 is 0 Å². The Morgan fingerprint density at radius 3 is 2.91 bits per heavy atom. The number of aliphatic hydroxyl groups is 1. The van der Waals surface area contributed by atoms with Crippen molar-refractivity contribution in [2.45, 2.75) is 50.9 Å². The van der Waals surface area contributed by atoms with E-state index in [0.717, 1.165) is 86.6 Å². The van der Waals surface area contributed by atoms with Crippen molar-refractivity contribution in [2.24, 2.45) is 10.9 Å². The first-order chi connectivity index (χ1) is 15.7. The Labute approximate surface area is 188 Å². The Morgan fingerprint density at radius 1 is 1.22 bits per heavy atom. The molecule has 1 unspecified atom stereocenters. The highest BCUT2D eigenvalue weighted by Gasteiger charge is 2.25. The van der Waals surface area contributed by atoms with Crippen LogP contribution in [0.3, 0.4) is 0 Å². The van der Waals surface area contributed by atoms with Gasteiger partial charge in [-0.05, 0) is 56.6 Å². The van der Waals surface area contributed by atoms with E-state index in [1.807, 2.05) is 12.3 Å². The molecule has 2 atom stereocenters. The summed E-state index contributed by atoms with van der Waals surface area (Å²) in [5.41, 5.74) is 3.69. The third-order valence-electron chi connectivity index (χ3n) is 6.14. The molecule has 1 amide bonds. The predicted molar refractivity (Wildman–Crippen MR) is 122 cm³/mol. The van der Waals surface area contributed by atoms with E-state index in [1.54, 1.807) is 19.3 Å². The molecule has 2 aromatic rings. The van der Waals surface area contributed by atoms with Crippen LogP contribution in [0.4, 0.5) is 5.69 Å². The zero-order valence-electron chi connectivity index (χ0n) is 18.6. The molecule has 0 saturated carbocycles. The van der Waals surface area contributed by atoms with E-state index in [-0.39, 0.29) is 24.3 Å². The molecule has 4 heterocycles. The summed E-state index contributed by atoms with van der Waals surface area (Å²) in [5.74, 6) is 1.14. The maximum absolute atomic E-state index is 11.9. The second kappa shape index (κ2) is 10.7.